The number of benzene rings is 2. The van der Waals surface area contributed by atoms with E-state index in [4.69, 9.17) is 0 Å². The third-order valence-electron chi connectivity index (χ3n) is 5.58. The summed E-state index contributed by atoms with van der Waals surface area (Å²) in [7, 11) is 0. The lowest BCUT2D eigenvalue weighted by atomic mass is 10.0. The number of pyridine rings is 1. The Bertz CT molecular complexity index is 1210. The van der Waals surface area contributed by atoms with Crippen LogP contribution in [0.25, 0.3) is 28.0 Å². The van der Waals surface area contributed by atoms with E-state index in [0.717, 1.165) is 47.5 Å². The summed E-state index contributed by atoms with van der Waals surface area (Å²) in [6.07, 6.45) is 2.71. The summed E-state index contributed by atoms with van der Waals surface area (Å²) in [6.45, 7) is 3.80. The fourth-order valence-electron chi connectivity index (χ4n) is 4.19. The molecule has 3 heterocycles. The van der Waals surface area contributed by atoms with Crippen molar-refractivity contribution in [1.29, 1.82) is 0 Å². The van der Waals surface area contributed by atoms with Crippen LogP contribution in [0.5, 0.6) is 0 Å². The third-order valence-corrected chi connectivity index (χ3v) is 5.58. The minimum atomic E-state index is -0.0158. The van der Waals surface area contributed by atoms with Gasteiger partial charge in [0.2, 0.25) is 0 Å². The average Bonchev–Trinajstić information content (AvgIpc) is 3.34. The van der Waals surface area contributed by atoms with E-state index in [1.807, 2.05) is 45.5 Å². The molecule has 148 valence electrons. The maximum absolute atomic E-state index is 13.4. The van der Waals surface area contributed by atoms with Gasteiger partial charge in [0.05, 0.1) is 17.2 Å². The zero-order chi connectivity index (χ0) is 19.1. The number of rotatable bonds is 3. The maximum atomic E-state index is 13.4. The Hall–Kier alpha value is -2.89. The molecule has 1 fully saturated rings. The highest BCUT2D eigenvalue weighted by Gasteiger charge is 2.25. The molecular weight excluding hydrogens is 384 g/mol. The highest BCUT2D eigenvalue weighted by atomic mass is 35.5. The van der Waals surface area contributed by atoms with Crippen molar-refractivity contribution < 1.29 is 0 Å². The van der Waals surface area contributed by atoms with Gasteiger partial charge in [-0.15, -0.1) is 12.4 Å². The van der Waals surface area contributed by atoms with E-state index >= 15 is 0 Å². The number of imidazole rings is 1. The van der Waals surface area contributed by atoms with Crippen molar-refractivity contribution in [2.45, 2.75) is 19.4 Å². The Morgan fingerprint density at radius 2 is 1.86 bits per heavy atom. The normalized spacial score (nSPS) is 16.1. The molecule has 0 spiro atoms. The van der Waals surface area contributed by atoms with Crippen LogP contribution in [-0.2, 0) is 0 Å². The van der Waals surface area contributed by atoms with Crippen molar-refractivity contribution in [3.8, 4) is 16.8 Å². The van der Waals surface area contributed by atoms with Gasteiger partial charge in [-0.2, -0.15) is 0 Å². The molecule has 1 unspecified atom stereocenters. The van der Waals surface area contributed by atoms with Crippen LogP contribution < -0.4 is 11.0 Å². The largest absolute Gasteiger partial charge is 0.335 e. The lowest BCUT2D eigenvalue weighted by Gasteiger charge is -2.11. The molecule has 6 heteroatoms. The molecule has 1 atom stereocenters. The summed E-state index contributed by atoms with van der Waals surface area (Å²) in [5.41, 5.74) is 5.89. The van der Waals surface area contributed by atoms with Crippen LogP contribution in [0.1, 0.15) is 18.0 Å². The van der Waals surface area contributed by atoms with Crippen LogP contribution >= 0.6 is 12.4 Å². The lowest BCUT2D eigenvalue weighted by Crippen LogP contribution is -2.28. The van der Waals surface area contributed by atoms with E-state index < -0.39 is 0 Å². The molecule has 4 aromatic rings. The number of aryl methyl sites for hydroxylation is 1. The van der Waals surface area contributed by atoms with Crippen molar-refractivity contribution in [2.75, 3.05) is 13.1 Å². The van der Waals surface area contributed by atoms with E-state index in [-0.39, 0.29) is 24.1 Å². The molecule has 5 rings (SSSR count). The van der Waals surface area contributed by atoms with E-state index in [9.17, 15) is 4.79 Å². The van der Waals surface area contributed by atoms with Crippen LogP contribution in [0, 0.1) is 6.92 Å². The Labute approximate surface area is 175 Å². The van der Waals surface area contributed by atoms with Gasteiger partial charge in [0.1, 0.15) is 0 Å². The zero-order valence-electron chi connectivity index (χ0n) is 16.2. The molecule has 1 aliphatic heterocycles. The monoisotopic (exact) mass is 406 g/mol. The first-order chi connectivity index (χ1) is 13.7. The molecule has 1 N–H and O–H groups in total. The highest BCUT2D eigenvalue weighted by Crippen LogP contribution is 2.27. The standard InChI is InChI=1S/C23H22N4O.ClH/c1-16-14-18(17-6-3-2-4-7-17)9-10-20(16)27-21-8-5-12-25-22(21)26(23(27)28)19-11-13-24-15-19;/h2-10,12,14,19,24H,11,13,15H2,1H3;1H. The molecule has 5 nitrogen and oxygen atoms in total. The van der Waals surface area contributed by atoms with Crippen molar-refractivity contribution in [1.82, 2.24) is 19.4 Å². The predicted molar refractivity (Wildman–Crippen MR) is 119 cm³/mol. The SMILES string of the molecule is Cc1cc(-c2ccccc2)ccc1-n1c(=O)n(C2CCNC2)c2ncccc21.Cl. The third kappa shape index (κ3) is 3.26. The first-order valence-electron chi connectivity index (χ1n) is 9.69. The Kier molecular flexibility index (Phi) is 5.26. The molecule has 0 saturated carbocycles. The predicted octanol–water partition coefficient (Wildman–Crippen LogP) is 4.12. The maximum Gasteiger partial charge on any atom is 0.335 e. The van der Waals surface area contributed by atoms with Gasteiger partial charge in [0.25, 0.3) is 0 Å². The zero-order valence-corrected chi connectivity index (χ0v) is 17.0. The van der Waals surface area contributed by atoms with Gasteiger partial charge in [-0.05, 0) is 60.8 Å². The second-order valence-corrected chi connectivity index (χ2v) is 7.35. The van der Waals surface area contributed by atoms with Crippen molar-refractivity contribution in [3.05, 3.63) is 82.9 Å². The molecule has 1 aliphatic rings. The molecular formula is C23H23ClN4O. The number of nitrogens with zero attached hydrogens (tertiary/aromatic N) is 3. The average molecular weight is 407 g/mol. The summed E-state index contributed by atoms with van der Waals surface area (Å²) in [4.78, 5) is 18.0. The summed E-state index contributed by atoms with van der Waals surface area (Å²) in [5.74, 6) is 0. The van der Waals surface area contributed by atoms with Gasteiger partial charge in [-0.1, -0.05) is 36.4 Å². The first kappa shape index (κ1) is 19.4. The van der Waals surface area contributed by atoms with E-state index in [0.29, 0.717) is 0 Å². The second-order valence-electron chi connectivity index (χ2n) is 7.35. The lowest BCUT2D eigenvalue weighted by molar-refractivity contribution is 0.537. The Morgan fingerprint density at radius 3 is 2.59 bits per heavy atom. The molecule has 1 saturated heterocycles. The van der Waals surface area contributed by atoms with E-state index in [1.54, 1.807) is 6.20 Å². The smallest absolute Gasteiger partial charge is 0.315 e. The summed E-state index contributed by atoms with van der Waals surface area (Å²) < 4.78 is 3.67. The number of aromatic nitrogens is 3. The van der Waals surface area contributed by atoms with Gasteiger partial charge in [-0.25, -0.2) is 9.78 Å². The first-order valence-corrected chi connectivity index (χ1v) is 9.69. The minimum Gasteiger partial charge on any atom is -0.315 e. The fourth-order valence-corrected chi connectivity index (χ4v) is 4.19. The number of hydrogen-bond acceptors (Lipinski definition) is 3. The van der Waals surface area contributed by atoms with Gasteiger partial charge in [0, 0.05) is 12.7 Å². The molecule has 2 aromatic carbocycles. The van der Waals surface area contributed by atoms with Crippen LogP contribution in [0.4, 0.5) is 0 Å². The van der Waals surface area contributed by atoms with E-state index in [1.165, 1.54) is 5.56 Å². The molecule has 0 bridgehead atoms. The van der Waals surface area contributed by atoms with E-state index in [2.05, 4.69) is 41.5 Å². The van der Waals surface area contributed by atoms with Crippen LogP contribution in [-0.4, -0.2) is 27.2 Å². The summed E-state index contributed by atoms with van der Waals surface area (Å²) in [5, 5.41) is 3.35. The number of fused-ring (bicyclic) bond motifs is 1. The molecule has 29 heavy (non-hydrogen) atoms. The quantitative estimate of drug-likeness (QED) is 0.556. The van der Waals surface area contributed by atoms with Crippen molar-refractivity contribution >= 4 is 23.6 Å². The van der Waals surface area contributed by atoms with Crippen LogP contribution in [0.3, 0.4) is 0 Å². The van der Waals surface area contributed by atoms with Crippen LogP contribution in [0.2, 0.25) is 0 Å². The number of nitrogens with one attached hydrogen (secondary N) is 1. The minimum absolute atomic E-state index is 0. The second kappa shape index (κ2) is 7.85. The number of halogens is 1. The molecule has 0 radical (unpaired) electrons. The fraction of sp³-hybridized carbons (Fsp3) is 0.217. The summed E-state index contributed by atoms with van der Waals surface area (Å²) in [6, 6.07) is 20.6. The number of hydrogen-bond donors (Lipinski definition) is 1. The van der Waals surface area contributed by atoms with Gasteiger partial charge in [0.15, 0.2) is 5.65 Å². The molecule has 0 aliphatic carbocycles. The van der Waals surface area contributed by atoms with Gasteiger partial charge >= 0.3 is 5.69 Å². The highest BCUT2D eigenvalue weighted by molar-refractivity contribution is 5.85. The van der Waals surface area contributed by atoms with Crippen molar-refractivity contribution in [3.63, 3.8) is 0 Å². The Morgan fingerprint density at radius 1 is 1.03 bits per heavy atom. The van der Waals surface area contributed by atoms with Crippen LogP contribution in [0.15, 0.2) is 71.7 Å². The van der Waals surface area contributed by atoms with Gasteiger partial charge < -0.3 is 5.32 Å². The molecule has 0 amide bonds. The Balaban J connectivity index is 0.00000205. The topological polar surface area (TPSA) is 51.9 Å². The van der Waals surface area contributed by atoms with Crippen molar-refractivity contribution in [2.24, 2.45) is 0 Å². The summed E-state index contributed by atoms with van der Waals surface area (Å²) >= 11 is 0. The van der Waals surface area contributed by atoms with Gasteiger partial charge in [-0.3, -0.25) is 9.13 Å². The molecule has 2 aromatic heterocycles.